The van der Waals surface area contributed by atoms with Crippen molar-refractivity contribution >= 4 is 34.6 Å². The summed E-state index contributed by atoms with van der Waals surface area (Å²) in [4.78, 5) is 2.14. The van der Waals surface area contributed by atoms with Gasteiger partial charge in [-0.25, -0.2) is 4.39 Å². The second kappa shape index (κ2) is 7.09. The molecule has 6 heteroatoms. The van der Waals surface area contributed by atoms with Crippen LogP contribution >= 0.6 is 23.8 Å². The van der Waals surface area contributed by atoms with E-state index >= 15 is 0 Å². The molecule has 1 aliphatic rings. The van der Waals surface area contributed by atoms with E-state index in [0.717, 1.165) is 30.0 Å². The summed E-state index contributed by atoms with van der Waals surface area (Å²) in [6.07, 6.45) is 2.07. The number of nitrogens with one attached hydrogen (secondary N) is 1. The largest absolute Gasteiger partial charge is 0.348 e. The van der Waals surface area contributed by atoms with E-state index in [4.69, 9.17) is 23.8 Å². The number of nitrogens with zero attached hydrogens (tertiary/aromatic N) is 2. The van der Waals surface area contributed by atoms with Crippen molar-refractivity contribution in [3.05, 3.63) is 89.0 Å². The van der Waals surface area contributed by atoms with Gasteiger partial charge < -0.3 is 14.8 Å². The molecule has 0 saturated carbocycles. The molecule has 2 heterocycles. The minimum absolute atomic E-state index is 0.0708. The Labute approximate surface area is 162 Å². The van der Waals surface area contributed by atoms with Crippen LogP contribution in [0.1, 0.15) is 17.3 Å². The lowest BCUT2D eigenvalue weighted by molar-refractivity contribution is 0.293. The molecule has 1 N–H and O–H groups in total. The van der Waals surface area contributed by atoms with E-state index in [9.17, 15) is 4.39 Å². The number of hydrogen-bond donors (Lipinski definition) is 1. The Morgan fingerprint density at radius 1 is 1.08 bits per heavy atom. The molecule has 0 aliphatic carbocycles. The van der Waals surface area contributed by atoms with Crippen molar-refractivity contribution < 1.29 is 4.39 Å². The summed E-state index contributed by atoms with van der Waals surface area (Å²) in [5, 5.41) is 4.55. The molecular formula is C20H17ClFN3S. The van der Waals surface area contributed by atoms with E-state index in [1.807, 2.05) is 42.5 Å². The van der Waals surface area contributed by atoms with Crippen molar-refractivity contribution in [1.29, 1.82) is 0 Å². The fourth-order valence-corrected chi connectivity index (χ4v) is 3.86. The minimum Gasteiger partial charge on any atom is -0.348 e. The third-order valence-electron chi connectivity index (χ3n) is 4.56. The van der Waals surface area contributed by atoms with Crippen molar-refractivity contribution in [2.24, 2.45) is 0 Å². The standard InChI is InChI=1S/C20H17ClFN3S/c21-15-3-1-4-17(13-15)23-20(26)25-12-11-24-10-2-5-18(24)19(25)14-6-8-16(22)9-7-14/h1-10,13,19H,11-12H2,(H,23,26)/t19-/m0/s1. The highest BCUT2D eigenvalue weighted by Crippen LogP contribution is 2.33. The van der Waals surface area contributed by atoms with Gasteiger partial charge >= 0.3 is 0 Å². The van der Waals surface area contributed by atoms with E-state index < -0.39 is 0 Å². The molecule has 2 aromatic carbocycles. The predicted molar refractivity (Wildman–Crippen MR) is 107 cm³/mol. The predicted octanol–water partition coefficient (Wildman–Crippen LogP) is 5.08. The van der Waals surface area contributed by atoms with E-state index in [0.29, 0.717) is 10.1 Å². The molecule has 1 aliphatic heterocycles. The Hall–Kier alpha value is -2.37. The molecule has 1 aromatic heterocycles. The first-order valence-electron chi connectivity index (χ1n) is 8.35. The van der Waals surface area contributed by atoms with Crippen LogP contribution in [0.15, 0.2) is 66.9 Å². The zero-order valence-corrected chi connectivity index (χ0v) is 15.5. The molecule has 0 saturated heterocycles. The lowest BCUT2D eigenvalue weighted by Crippen LogP contribution is -2.44. The van der Waals surface area contributed by atoms with E-state index in [1.54, 1.807) is 0 Å². The van der Waals surface area contributed by atoms with Crippen molar-refractivity contribution in [1.82, 2.24) is 9.47 Å². The van der Waals surface area contributed by atoms with Crippen LogP contribution < -0.4 is 5.32 Å². The molecule has 3 aromatic rings. The third kappa shape index (κ3) is 3.32. The summed E-state index contributed by atoms with van der Waals surface area (Å²) < 4.78 is 15.6. The fraction of sp³-hybridized carbons (Fsp3) is 0.150. The SMILES string of the molecule is Fc1ccc([C@H]2c3cccn3CCN2C(=S)Nc2cccc(Cl)c2)cc1. The average Bonchev–Trinajstić information content (AvgIpc) is 3.10. The molecule has 0 unspecified atom stereocenters. The van der Waals surface area contributed by atoms with Crippen molar-refractivity contribution in [3.63, 3.8) is 0 Å². The zero-order chi connectivity index (χ0) is 18.1. The van der Waals surface area contributed by atoms with Crippen LogP contribution in [0.25, 0.3) is 0 Å². The first-order chi connectivity index (χ1) is 12.6. The molecule has 3 nitrogen and oxygen atoms in total. The second-order valence-electron chi connectivity index (χ2n) is 6.21. The van der Waals surface area contributed by atoms with Crippen LogP contribution in [0.5, 0.6) is 0 Å². The van der Waals surface area contributed by atoms with Gasteiger partial charge in [-0.15, -0.1) is 0 Å². The zero-order valence-electron chi connectivity index (χ0n) is 13.9. The summed E-state index contributed by atoms with van der Waals surface area (Å²) in [5.74, 6) is -0.244. The molecule has 0 radical (unpaired) electrons. The normalized spacial score (nSPS) is 16.2. The molecule has 0 fully saturated rings. The van der Waals surface area contributed by atoms with Gasteiger partial charge in [-0.1, -0.05) is 29.8 Å². The highest BCUT2D eigenvalue weighted by molar-refractivity contribution is 7.80. The van der Waals surface area contributed by atoms with Crippen LogP contribution in [0, 0.1) is 5.82 Å². The van der Waals surface area contributed by atoms with Gasteiger partial charge in [0, 0.05) is 35.7 Å². The Morgan fingerprint density at radius 2 is 1.88 bits per heavy atom. The lowest BCUT2D eigenvalue weighted by atomic mass is 10.0. The Balaban J connectivity index is 1.67. The molecule has 0 amide bonds. The summed E-state index contributed by atoms with van der Waals surface area (Å²) in [6, 6.07) is 18.1. The van der Waals surface area contributed by atoms with E-state index in [2.05, 4.69) is 27.0 Å². The summed E-state index contributed by atoms with van der Waals surface area (Å²) >= 11 is 11.8. The fourth-order valence-electron chi connectivity index (χ4n) is 3.36. The number of fused-ring (bicyclic) bond motifs is 1. The number of benzene rings is 2. The number of hydrogen-bond acceptors (Lipinski definition) is 1. The summed E-state index contributed by atoms with van der Waals surface area (Å²) in [6.45, 7) is 1.60. The highest BCUT2D eigenvalue weighted by atomic mass is 35.5. The number of aromatic nitrogens is 1. The molecule has 0 spiro atoms. The number of halogens is 2. The van der Waals surface area contributed by atoms with Gasteiger partial charge in [-0.05, 0) is 60.2 Å². The van der Waals surface area contributed by atoms with Gasteiger partial charge in [0.1, 0.15) is 5.82 Å². The minimum atomic E-state index is -0.244. The first kappa shape index (κ1) is 17.1. The van der Waals surface area contributed by atoms with Crippen molar-refractivity contribution in [2.45, 2.75) is 12.6 Å². The quantitative estimate of drug-likeness (QED) is 0.621. The average molecular weight is 386 g/mol. The van der Waals surface area contributed by atoms with Gasteiger partial charge in [0.15, 0.2) is 5.11 Å². The monoisotopic (exact) mass is 385 g/mol. The summed E-state index contributed by atoms with van der Waals surface area (Å²) in [7, 11) is 0. The molecule has 26 heavy (non-hydrogen) atoms. The maximum atomic E-state index is 13.4. The Bertz CT molecular complexity index is 938. The van der Waals surface area contributed by atoms with Crippen molar-refractivity contribution in [2.75, 3.05) is 11.9 Å². The van der Waals surface area contributed by atoms with Gasteiger partial charge in [-0.2, -0.15) is 0 Å². The van der Waals surface area contributed by atoms with Crippen molar-refractivity contribution in [3.8, 4) is 0 Å². The first-order valence-corrected chi connectivity index (χ1v) is 9.14. The van der Waals surface area contributed by atoms with Gasteiger partial charge in [-0.3, -0.25) is 0 Å². The lowest BCUT2D eigenvalue weighted by Gasteiger charge is -2.39. The molecule has 4 rings (SSSR count). The Kier molecular flexibility index (Phi) is 4.66. The van der Waals surface area contributed by atoms with Gasteiger partial charge in [0.05, 0.1) is 6.04 Å². The van der Waals surface area contributed by atoms with E-state index in [-0.39, 0.29) is 11.9 Å². The highest BCUT2D eigenvalue weighted by Gasteiger charge is 2.30. The third-order valence-corrected chi connectivity index (χ3v) is 5.13. The number of rotatable bonds is 2. The molecule has 1 atom stereocenters. The molecule has 0 bridgehead atoms. The smallest absolute Gasteiger partial charge is 0.174 e. The van der Waals surface area contributed by atoms with E-state index in [1.165, 1.54) is 12.1 Å². The molecular weight excluding hydrogens is 369 g/mol. The van der Waals surface area contributed by atoms with Gasteiger partial charge in [0.2, 0.25) is 0 Å². The van der Waals surface area contributed by atoms with Crippen LogP contribution in [-0.4, -0.2) is 21.1 Å². The maximum absolute atomic E-state index is 13.4. The van der Waals surface area contributed by atoms with Crippen LogP contribution in [0.4, 0.5) is 10.1 Å². The Morgan fingerprint density at radius 3 is 2.65 bits per heavy atom. The summed E-state index contributed by atoms with van der Waals surface area (Å²) in [5.41, 5.74) is 2.99. The number of anilines is 1. The number of thiocarbonyl (C=S) groups is 1. The topological polar surface area (TPSA) is 20.2 Å². The second-order valence-corrected chi connectivity index (χ2v) is 7.04. The van der Waals surface area contributed by atoms with Crippen LogP contribution in [0.2, 0.25) is 5.02 Å². The van der Waals surface area contributed by atoms with Crippen LogP contribution in [0.3, 0.4) is 0 Å². The van der Waals surface area contributed by atoms with Crippen LogP contribution in [-0.2, 0) is 6.54 Å². The van der Waals surface area contributed by atoms with Gasteiger partial charge in [0.25, 0.3) is 0 Å². The molecule has 132 valence electrons. The maximum Gasteiger partial charge on any atom is 0.174 e.